The van der Waals surface area contributed by atoms with Crippen molar-refractivity contribution in [3.05, 3.63) is 42.0 Å². The average molecular weight is 441 g/mol. The quantitative estimate of drug-likeness (QED) is 0.638. The molecular formula is C23H25F2N5O2. The Kier molecular flexibility index (Phi) is 5.06. The van der Waals surface area contributed by atoms with Crippen LogP contribution in [0, 0.1) is 17.6 Å². The van der Waals surface area contributed by atoms with Crippen LogP contribution < -0.4 is 0 Å². The van der Waals surface area contributed by atoms with Gasteiger partial charge < -0.3 is 14.6 Å². The molecule has 0 bridgehead atoms. The van der Waals surface area contributed by atoms with E-state index < -0.39 is 17.2 Å². The first-order valence-electron chi connectivity index (χ1n) is 11.0. The fraction of sp³-hybridized carbons (Fsp3) is 0.478. The SMILES string of the molecule is CCN1C(=O)O[C@]2(CCC[C@H](Cc3nc(-c4c[nH]c5ncc(F)cc45)ncc3F)C2)C1C. The van der Waals surface area contributed by atoms with E-state index in [0.29, 0.717) is 47.5 Å². The molecule has 1 saturated carbocycles. The lowest BCUT2D eigenvalue weighted by atomic mass is 9.73. The Morgan fingerprint density at radius 3 is 2.94 bits per heavy atom. The highest BCUT2D eigenvalue weighted by atomic mass is 19.1. The lowest BCUT2D eigenvalue weighted by molar-refractivity contribution is -0.0129. The molecule has 9 heteroatoms. The van der Waals surface area contributed by atoms with E-state index in [1.165, 1.54) is 12.3 Å². The van der Waals surface area contributed by atoms with Gasteiger partial charge in [0.25, 0.3) is 0 Å². The summed E-state index contributed by atoms with van der Waals surface area (Å²) < 4.78 is 34.2. The first kappa shape index (κ1) is 20.8. The van der Waals surface area contributed by atoms with Gasteiger partial charge in [0, 0.05) is 23.7 Å². The molecular weight excluding hydrogens is 416 g/mol. The molecule has 1 saturated heterocycles. The Balaban J connectivity index is 1.41. The minimum absolute atomic E-state index is 0.0118. The summed E-state index contributed by atoms with van der Waals surface area (Å²) in [4.78, 5) is 29.7. The summed E-state index contributed by atoms with van der Waals surface area (Å²) in [6.45, 7) is 4.59. The Morgan fingerprint density at radius 2 is 2.16 bits per heavy atom. The number of halogens is 2. The number of pyridine rings is 1. The number of carbonyl (C=O) groups excluding carboxylic acids is 1. The molecule has 0 radical (unpaired) electrons. The van der Waals surface area contributed by atoms with Crippen LogP contribution in [-0.2, 0) is 11.2 Å². The zero-order valence-corrected chi connectivity index (χ0v) is 18.1. The van der Waals surface area contributed by atoms with Gasteiger partial charge in [0.1, 0.15) is 17.1 Å². The first-order valence-corrected chi connectivity index (χ1v) is 11.0. The number of nitrogens with one attached hydrogen (secondary N) is 1. The second-order valence-corrected chi connectivity index (χ2v) is 8.80. The summed E-state index contributed by atoms with van der Waals surface area (Å²) in [5.74, 6) is -0.475. The number of fused-ring (bicyclic) bond motifs is 1. The molecule has 2 fully saturated rings. The molecule has 3 aromatic rings. The molecule has 3 aromatic heterocycles. The summed E-state index contributed by atoms with van der Waals surface area (Å²) in [5.41, 5.74) is 0.885. The molecule has 4 heterocycles. The molecule has 3 atom stereocenters. The van der Waals surface area contributed by atoms with E-state index in [4.69, 9.17) is 4.74 Å². The number of ether oxygens (including phenoxy) is 1. The molecule has 168 valence electrons. The van der Waals surface area contributed by atoms with Gasteiger partial charge >= 0.3 is 6.09 Å². The third kappa shape index (κ3) is 3.40. The fourth-order valence-corrected chi connectivity index (χ4v) is 5.30. The largest absolute Gasteiger partial charge is 0.441 e. The topological polar surface area (TPSA) is 84.0 Å². The van der Waals surface area contributed by atoms with Gasteiger partial charge in [-0.15, -0.1) is 0 Å². The Hall–Kier alpha value is -3.10. The van der Waals surface area contributed by atoms with E-state index in [0.717, 1.165) is 25.5 Å². The molecule has 1 spiro atoms. The minimum Gasteiger partial charge on any atom is -0.441 e. The summed E-state index contributed by atoms with van der Waals surface area (Å²) in [7, 11) is 0. The second kappa shape index (κ2) is 7.79. The number of aromatic amines is 1. The maximum atomic E-state index is 14.7. The van der Waals surface area contributed by atoms with Crippen LogP contribution in [-0.4, -0.2) is 49.1 Å². The standard InChI is InChI=1S/C23H25F2N5O2/c1-3-30-13(2)23(32-22(30)31)6-4-5-14(9-23)7-19-18(25)12-28-21(29-19)17-11-27-20-16(17)8-15(24)10-26-20/h8,10-14H,3-7,9H2,1-2H3,(H,26,27)/t13?,14-,23+/m1/s1. The van der Waals surface area contributed by atoms with Gasteiger partial charge in [-0.2, -0.15) is 0 Å². The molecule has 1 aliphatic heterocycles. The smallest absolute Gasteiger partial charge is 0.410 e. The maximum absolute atomic E-state index is 14.7. The lowest BCUT2D eigenvalue weighted by Gasteiger charge is -2.39. The number of carbonyl (C=O) groups is 1. The molecule has 0 aromatic carbocycles. The van der Waals surface area contributed by atoms with E-state index in [9.17, 15) is 13.6 Å². The van der Waals surface area contributed by atoms with Crippen LogP contribution in [0.3, 0.4) is 0 Å². The average Bonchev–Trinajstić information content (AvgIpc) is 3.28. The van der Waals surface area contributed by atoms with Gasteiger partial charge in [0.05, 0.1) is 24.1 Å². The van der Waals surface area contributed by atoms with E-state index in [1.54, 1.807) is 11.1 Å². The summed E-state index contributed by atoms with van der Waals surface area (Å²) in [6, 6.07) is 1.35. The number of amides is 1. The van der Waals surface area contributed by atoms with Crippen molar-refractivity contribution in [3.63, 3.8) is 0 Å². The van der Waals surface area contributed by atoms with Crippen LogP contribution >= 0.6 is 0 Å². The highest BCUT2D eigenvalue weighted by Gasteiger charge is 2.53. The van der Waals surface area contributed by atoms with E-state index in [1.807, 2.05) is 13.8 Å². The fourth-order valence-electron chi connectivity index (χ4n) is 5.30. The lowest BCUT2D eigenvalue weighted by Crippen LogP contribution is -2.47. The number of likely N-dealkylation sites (N-methyl/N-ethyl adjacent to an activating group) is 1. The third-order valence-electron chi connectivity index (χ3n) is 6.98. The van der Waals surface area contributed by atoms with E-state index in [2.05, 4.69) is 19.9 Å². The molecule has 32 heavy (non-hydrogen) atoms. The first-order chi connectivity index (χ1) is 15.4. The van der Waals surface area contributed by atoms with Crippen molar-refractivity contribution in [3.8, 4) is 11.4 Å². The Labute approximate surface area is 184 Å². The Morgan fingerprint density at radius 1 is 1.31 bits per heavy atom. The Bertz CT molecular complexity index is 1180. The van der Waals surface area contributed by atoms with Gasteiger partial charge in [-0.05, 0) is 57.9 Å². The summed E-state index contributed by atoms with van der Waals surface area (Å²) >= 11 is 0. The third-order valence-corrected chi connectivity index (χ3v) is 6.98. The van der Waals surface area contributed by atoms with E-state index in [-0.39, 0.29) is 18.1 Å². The minimum atomic E-state index is -0.525. The molecule has 5 rings (SSSR count). The van der Waals surface area contributed by atoms with Gasteiger partial charge in [0.15, 0.2) is 11.6 Å². The monoisotopic (exact) mass is 441 g/mol. The highest BCUT2D eigenvalue weighted by Crippen LogP contribution is 2.44. The van der Waals surface area contributed by atoms with Crippen LogP contribution in [0.5, 0.6) is 0 Å². The molecule has 1 amide bonds. The zero-order chi connectivity index (χ0) is 22.5. The van der Waals surface area contributed by atoms with Crippen LogP contribution in [0.1, 0.15) is 45.2 Å². The molecule has 1 unspecified atom stereocenters. The number of hydrogen-bond acceptors (Lipinski definition) is 5. The second-order valence-electron chi connectivity index (χ2n) is 8.80. The van der Waals surface area contributed by atoms with Gasteiger partial charge in [0.2, 0.25) is 0 Å². The molecule has 1 aliphatic carbocycles. The number of aromatic nitrogens is 4. The molecule has 2 aliphatic rings. The van der Waals surface area contributed by atoms with E-state index >= 15 is 0 Å². The molecule has 1 N–H and O–H groups in total. The van der Waals surface area contributed by atoms with Crippen molar-refractivity contribution < 1.29 is 18.3 Å². The number of rotatable bonds is 4. The van der Waals surface area contributed by atoms with Gasteiger partial charge in [-0.1, -0.05) is 0 Å². The predicted molar refractivity (Wildman–Crippen MR) is 114 cm³/mol. The van der Waals surface area contributed by atoms with Crippen molar-refractivity contribution in [2.75, 3.05) is 6.54 Å². The number of H-pyrrole nitrogens is 1. The summed E-state index contributed by atoms with van der Waals surface area (Å²) in [6.07, 6.45) is 7.43. The highest BCUT2D eigenvalue weighted by molar-refractivity contribution is 5.91. The predicted octanol–water partition coefficient (Wildman–Crippen LogP) is 4.63. The van der Waals surface area contributed by atoms with Crippen molar-refractivity contribution in [2.24, 2.45) is 5.92 Å². The van der Waals surface area contributed by atoms with Gasteiger partial charge in [-0.3, -0.25) is 0 Å². The summed E-state index contributed by atoms with van der Waals surface area (Å²) in [5, 5.41) is 0.547. The van der Waals surface area contributed by atoms with Crippen LogP contribution in [0.25, 0.3) is 22.4 Å². The van der Waals surface area contributed by atoms with Crippen molar-refractivity contribution in [1.29, 1.82) is 0 Å². The number of nitrogens with zero attached hydrogens (tertiary/aromatic N) is 4. The zero-order valence-electron chi connectivity index (χ0n) is 18.1. The maximum Gasteiger partial charge on any atom is 0.410 e. The van der Waals surface area contributed by atoms with Crippen LogP contribution in [0.4, 0.5) is 13.6 Å². The number of hydrogen-bond donors (Lipinski definition) is 1. The van der Waals surface area contributed by atoms with Crippen molar-refractivity contribution >= 4 is 17.1 Å². The van der Waals surface area contributed by atoms with Crippen LogP contribution in [0.15, 0.2) is 24.7 Å². The molecule has 7 nitrogen and oxygen atoms in total. The normalized spacial score (nSPS) is 25.6. The van der Waals surface area contributed by atoms with Crippen molar-refractivity contribution in [2.45, 2.75) is 57.6 Å². The van der Waals surface area contributed by atoms with Gasteiger partial charge in [-0.25, -0.2) is 28.5 Å². The van der Waals surface area contributed by atoms with Crippen LogP contribution in [0.2, 0.25) is 0 Å². The van der Waals surface area contributed by atoms with Crippen molar-refractivity contribution in [1.82, 2.24) is 24.8 Å².